The molecule has 0 saturated carbocycles. The zero-order valence-corrected chi connectivity index (χ0v) is 18.5. The van der Waals surface area contributed by atoms with Crippen LogP contribution >= 0.6 is 0 Å². The van der Waals surface area contributed by atoms with Crippen molar-refractivity contribution in [1.29, 1.82) is 0 Å². The number of piperidine rings is 1. The van der Waals surface area contributed by atoms with Crippen LogP contribution in [0.1, 0.15) is 40.0 Å². The Kier molecular flexibility index (Phi) is 7.71. The monoisotopic (exact) mass is 410 g/mol. The Bertz CT molecular complexity index is 772. The Morgan fingerprint density at radius 1 is 1.14 bits per heavy atom. The van der Waals surface area contributed by atoms with E-state index >= 15 is 0 Å². The molecule has 1 atom stereocenters. The van der Waals surface area contributed by atoms with E-state index in [1.165, 1.54) is 0 Å². The molecule has 28 heavy (non-hydrogen) atoms. The number of sulfonamides is 1. The summed E-state index contributed by atoms with van der Waals surface area (Å²) in [5.41, 5.74) is 1.47. The Balaban J connectivity index is 2.20. The summed E-state index contributed by atoms with van der Waals surface area (Å²) in [5.74, 6) is 0.231. The van der Waals surface area contributed by atoms with Crippen LogP contribution in [0.5, 0.6) is 0 Å². The second-order valence-corrected chi connectivity index (χ2v) is 9.93. The highest BCUT2D eigenvalue weighted by Crippen LogP contribution is 2.29. The molecule has 2 rings (SSSR count). The van der Waals surface area contributed by atoms with Gasteiger partial charge in [-0.25, -0.2) is 8.42 Å². The summed E-state index contributed by atoms with van der Waals surface area (Å²) in [5, 5.41) is 6.07. The first-order valence-electron chi connectivity index (χ1n) is 9.97. The maximum atomic E-state index is 13.0. The van der Waals surface area contributed by atoms with Crippen LogP contribution in [0.15, 0.2) is 23.1 Å². The summed E-state index contributed by atoms with van der Waals surface area (Å²) in [6, 6.07) is 5.14. The molecule has 1 unspecified atom stereocenters. The highest BCUT2D eigenvalue weighted by Gasteiger charge is 2.26. The van der Waals surface area contributed by atoms with E-state index in [1.54, 1.807) is 22.5 Å². The number of hydrogen-bond donors (Lipinski definition) is 2. The van der Waals surface area contributed by atoms with E-state index in [0.29, 0.717) is 24.7 Å². The second kappa shape index (κ2) is 9.60. The molecule has 1 aromatic carbocycles. The highest BCUT2D eigenvalue weighted by molar-refractivity contribution is 7.89. The van der Waals surface area contributed by atoms with E-state index in [0.717, 1.165) is 24.9 Å². The molecular weight excluding hydrogens is 376 g/mol. The fourth-order valence-electron chi connectivity index (χ4n) is 3.11. The van der Waals surface area contributed by atoms with Crippen LogP contribution in [0.2, 0.25) is 0 Å². The molecule has 1 heterocycles. The van der Waals surface area contributed by atoms with Crippen LogP contribution < -0.4 is 15.5 Å². The Morgan fingerprint density at radius 2 is 1.79 bits per heavy atom. The van der Waals surface area contributed by atoms with Crippen molar-refractivity contribution in [2.75, 3.05) is 43.9 Å². The van der Waals surface area contributed by atoms with Gasteiger partial charge < -0.3 is 15.5 Å². The SMILES string of the molecule is CC(C)C(C)NC(=O)CNc1cc(S(=O)(=O)N2CCCCC2)ccc1N(C)C. The summed E-state index contributed by atoms with van der Waals surface area (Å²) < 4.78 is 27.5. The van der Waals surface area contributed by atoms with E-state index in [1.807, 2.05) is 25.9 Å². The molecule has 0 aromatic heterocycles. The average molecular weight is 411 g/mol. The second-order valence-electron chi connectivity index (χ2n) is 7.99. The van der Waals surface area contributed by atoms with Gasteiger partial charge in [0.1, 0.15) is 0 Å². The quantitative estimate of drug-likeness (QED) is 0.688. The molecule has 1 saturated heterocycles. The summed E-state index contributed by atoms with van der Waals surface area (Å²) in [6.07, 6.45) is 2.87. The number of amides is 1. The van der Waals surface area contributed by atoms with Gasteiger partial charge in [0.25, 0.3) is 0 Å². The average Bonchev–Trinajstić information content (AvgIpc) is 2.66. The van der Waals surface area contributed by atoms with Crippen LogP contribution in [-0.4, -0.2) is 58.4 Å². The van der Waals surface area contributed by atoms with Crippen molar-refractivity contribution >= 4 is 27.3 Å². The van der Waals surface area contributed by atoms with Crippen molar-refractivity contribution in [1.82, 2.24) is 9.62 Å². The van der Waals surface area contributed by atoms with Gasteiger partial charge in [-0.1, -0.05) is 20.3 Å². The number of benzene rings is 1. The van der Waals surface area contributed by atoms with Gasteiger partial charge in [-0.15, -0.1) is 0 Å². The molecule has 1 aliphatic heterocycles. The van der Waals surface area contributed by atoms with E-state index < -0.39 is 10.0 Å². The molecule has 1 aliphatic rings. The normalized spacial score (nSPS) is 16.6. The number of carbonyl (C=O) groups excluding carboxylic acids is 1. The lowest BCUT2D eigenvalue weighted by Gasteiger charge is -2.27. The molecule has 2 N–H and O–H groups in total. The van der Waals surface area contributed by atoms with E-state index in [9.17, 15) is 13.2 Å². The third kappa shape index (κ3) is 5.61. The molecule has 1 fully saturated rings. The molecule has 7 nitrogen and oxygen atoms in total. The third-order valence-corrected chi connectivity index (χ3v) is 7.13. The largest absolute Gasteiger partial charge is 0.376 e. The van der Waals surface area contributed by atoms with Crippen molar-refractivity contribution in [3.63, 3.8) is 0 Å². The standard InChI is InChI=1S/C20H34N4O3S/c1-15(2)16(3)22-20(25)14-21-18-13-17(9-10-19(18)23(4)5)28(26,27)24-11-7-6-8-12-24/h9-10,13,15-16,21H,6-8,11-12,14H2,1-5H3,(H,22,25). The van der Waals surface area contributed by atoms with Crippen molar-refractivity contribution < 1.29 is 13.2 Å². The molecule has 0 spiro atoms. The summed E-state index contributed by atoms with van der Waals surface area (Å²) in [4.78, 5) is 14.4. The first kappa shape index (κ1) is 22.5. The van der Waals surface area contributed by atoms with Gasteiger partial charge in [0.15, 0.2) is 0 Å². The number of nitrogens with zero attached hydrogens (tertiary/aromatic N) is 2. The lowest BCUT2D eigenvalue weighted by Crippen LogP contribution is -2.39. The van der Waals surface area contributed by atoms with Gasteiger partial charge in [0.05, 0.1) is 22.8 Å². The molecule has 0 aliphatic carbocycles. The highest BCUT2D eigenvalue weighted by atomic mass is 32.2. The number of rotatable bonds is 8. The van der Waals surface area contributed by atoms with Crippen LogP contribution in [0, 0.1) is 5.92 Å². The van der Waals surface area contributed by atoms with Crippen LogP contribution in [0.4, 0.5) is 11.4 Å². The van der Waals surface area contributed by atoms with Crippen LogP contribution in [0.3, 0.4) is 0 Å². The van der Waals surface area contributed by atoms with Gasteiger partial charge in [-0.2, -0.15) is 4.31 Å². The van der Waals surface area contributed by atoms with Crippen molar-refractivity contribution in [3.8, 4) is 0 Å². The van der Waals surface area contributed by atoms with Crippen LogP contribution in [0.25, 0.3) is 0 Å². The lowest BCUT2D eigenvalue weighted by molar-refractivity contribution is -0.120. The fraction of sp³-hybridized carbons (Fsp3) is 0.650. The van der Waals surface area contributed by atoms with Crippen molar-refractivity contribution in [3.05, 3.63) is 18.2 Å². The molecular formula is C20H34N4O3S. The van der Waals surface area contributed by atoms with Crippen molar-refractivity contribution in [2.45, 2.75) is 51.0 Å². The van der Waals surface area contributed by atoms with Gasteiger partial charge in [-0.05, 0) is 43.9 Å². The number of hydrogen-bond acceptors (Lipinski definition) is 5. The zero-order chi connectivity index (χ0) is 20.9. The van der Waals surface area contributed by atoms with Gasteiger partial charge in [-0.3, -0.25) is 4.79 Å². The lowest BCUT2D eigenvalue weighted by atomic mass is 10.1. The number of nitrogens with one attached hydrogen (secondary N) is 2. The molecule has 158 valence electrons. The summed E-state index contributed by atoms with van der Waals surface area (Å²) >= 11 is 0. The summed E-state index contributed by atoms with van der Waals surface area (Å²) in [6.45, 7) is 7.30. The zero-order valence-electron chi connectivity index (χ0n) is 17.7. The van der Waals surface area contributed by atoms with E-state index in [2.05, 4.69) is 24.5 Å². The Hall–Kier alpha value is -1.80. The van der Waals surface area contributed by atoms with Crippen LogP contribution in [-0.2, 0) is 14.8 Å². The Labute approximate surface area is 169 Å². The first-order valence-corrected chi connectivity index (χ1v) is 11.4. The third-order valence-electron chi connectivity index (χ3n) is 5.23. The molecule has 1 amide bonds. The Morgan fingerprint density at radius 3 is 2.36 bits per heavy atom. The smallest absolute Gasteiger partial charge is 0.243 e. The number of carbonyl (C=O) groups is 1. The maximum Gasteiger partial charge on any atom is 0.243 e. The minimum atomic E-state index is -3.52. The predicted octanol–water partition coefficient (Wildman–Crippen LogP) is 2.50. The van der Waals surface area contributed by atoms with E-state index in [-0.39, 0.29) is 23.4 Å². The first-order chi connectivity index (χ1) is 13.1. The number of anilines is 2. The molecule has 1 aromatic rings. The van der Waals surface area contributed by atoms with Crippen molar-refractivity contribution in [2.24, 2.45) is 5.92 Å². The topological polar surface area (TPSA) is 81.8 Å². The van der Waals surface area contributed by atoms with Gasteiger partial charge >= 0.3 is 0 Å². The molecule has 8 heteroatoms. The molecule has 0 radical (unpaired) electrons. The predicted molar refractivity (Wildman–Crippen MR) is 114 cm³/mol. The van der Waals surface area contributed by atoms with Gasteiger partial charge in [0, 0.05) is 33.2 Å². The minimum Gasteiger partial charge on any atom is -0.376 e. The summed E-state index contributed by atoms with van der Waals surface area (Å²) in [7, 11) is 0.257. The maximum absolute atomic E-state index is 13.0. The minimum absolute atomic E-state index is 0.0773. The van der Waals surface area contributed by atoms with Gasteiger partial charge in [0.2, 0.25) is 15.9 Å². The fourth-order valence-corrected chi connectivity index (χ4v) is 4.65. The van der Waals surface area contributed by atoms with E-state index in [4.69, 9.17) is 0 Å². The molecule has 0 bridgehead atoms.